The molecule has 4 nitrogen and oxygen atoms in total. The highest BCUT2D eigenvalue weighted by molar-refractivity contribution is 7.99. The fourth-order valence-corrected chi connectivity index (χ4v) is 2.92. The quantitative estimate of drug-likeness (QED) is 0.921. The molecular formula is C13H17N3OS. The second-order valence-corrected chi connectivity index (χ2v) is 5.23. The first-order valence-corrected chi connectivity index (χ1v) is 6.52. The predicted molar refractivity (Wildman–Crippen MR) is 72.9 cm³/mol. The summed E-state index contributed by atoms with van der Waals surface area (Å²) in [5, 5.41) is 4.16. The van der Waals surface area contributed by atoms with Gasteiger partial charge in [-0.25, -0.2) is 0 Å². The maximum Gasteiger partial charge on any atom is 0.124 e. The molecule has 1 aromatic heterocycles. The third kappa shape index (κ3) is 2.68. The minimum Gasteiger partial charge on any atom is -0.496 e. The first kappa shape index (κ1) is 13.0. The van der Waals surface area contributed by atoms with Crippen LogP contribution in [0.5, 0.6) is 5.75 Å². The van der Waals surface area contributed by atoms with Crippen molar-refractivity contribution in [3.8, 4) is 5.75 Å². The predicted octanol–water partition coefficient (Wildman–Crippen LogP) is 2.60. The van der Waals surface area contributed by atoms with Crippen molar-refractivity contribution in [2.24, 2.45) is 12.8 Å². The molecule has 2 N–H and O–H groups in total. The topological polar surface area (TPSA) is 53.1 Å². The van der Waals surface area contributed by atoms with Crippen LogP contribution in [0, 0.1) is 0 Å². The maximum atomic E-state index is 6.04. The van der Waals surface area contributed by atoms with E-state index in [2.05, 4.69) is 11.2 Å². The van der Waals surface area contributed by atoms with Crippen molar-refractivity contribution in [2.45, 2.75) is 22.8 Å². The lowest BCUT2D eigenvalue weighted by molar-refractivity contribution is 0.405. The highest BCUT2D eigenvalue weighted by Gasteiger charge is 2.14. The Morgan fingerprint density at radius 3 is 2.78 bits per heavy atom. The molecule has 5 heteroatoms. The lowest BCUT2D eigenvalue weighted by Crippen LogP contribution is -2.08. The summed E-state index contributed by atoms with van der Waals surface area (Å²) >= 11 is 1.65. The summed E-state index contributed by atoms with van der Waals surface area (Å²) in [4.78, 5) is 2.20. The van der Waals surface area contributed by atoms with Crippen molar-refractivity contribution in [2.75, 3.05) is 7.11 Å². The zero-order valence-corrected chi connectivity index (χ0v) is 11.6. The molecule has 1 aromatic carbocycles. The highest BCUT2D eigenvalue weighted by Crippen LogP contribution is 2.37. The molecule has 0 amide bonds. The molecule has 0 aliphatic rings. The molecule has 0 fully saturated rings. The summed E-state index contributed by atoms with van der Waals surface area (Å²) < 4.78 is 7.16. The van der Waals surface area contributed by atoms with Crippen LogP contribution in [-0.2, 0) is 7.05 Å². The number of aryl methyl sites for hydroxylation is 1. The van der Waals surface area contributed by atoms with Gasteiger partial charge in [-0.15, -0.1) is 0 Å². The van der Waals surface area contributed by atoms with Gasteiger partial charge in [-0.05, 0) is 19.1 Å². The number of nitrogens with two attached hydrogens (primary N) is 1. The van der Waals surface area contributed by atoms with Gasteiger partial charge in [0.25, 0.3) is 0 Å². The van der Waals surface area contributed by atoms with Crippen LogP contribution in [0.15, 0.2) is 40.4 Å². The van der Waals surface area contributed by atoms with Gasteiger partial charge in [0.2, 0.25) is 0 Å². The number of hydrogen-bond donors (Lipinski definition) is 1. The van der Waals surface area contributed by atoms with E-state index in [4.69, 9.17) is 10.5 Å². The SMILES string of the molecule is COc1cccc(Sc2cnn(C)c2)c1[C@@H](C)N. The molecule has 0 spiro atoms. The largest absolute Gasteiger partial charge is 0.496 e. The van der Waals surface area contributed by atoms with Crippen LogP contribution < -0.4 is 10.5 Å². The van der Waals surface area contributed by atoms with Gasteiger partial charge in [0.1, 0.15) is 5.75 Å². The summed E-state index contributed by atoms with van der Waals surface area (Å²) in [7, 11) is 3.57. The molecule has 18 heavy (non-hydrogen) atoms. The van der Waals surface area contributed by atoms with Crippen LogP contribution in [-0.4, -0.2) is 16.9 Å². The molecule has 0 saturated carbocycles. The van der Waals surface area contributed by atoms with E-state index in [9.17, 15) is 0 Å². The van der Waals surface area contributed by atoms with E-state index in [1.807, 2.05) is 38.5 Å². The van der Waals surface area contributed by atoms with Crippen LogP contribution in [0.1, 0.15) is 18.5 Å². The second-order valence-electron chi connectivity index (χ2n) is 4.11. The van der Waals surface area contributed by atoms with E-state index in [1.54, 1.807) is 23.6 Å². The average Bonchev–Trinajstić information content (AvgIpc) is 2.74. The van der Waals surface area contributed by atoms with Gasteiger partial charge in [-0.3, -0.25) is 4.68 Å². The smallest absolute Gasteiger partial charge is 0.124 e. The highest BCUT2D eigenvalue weighted by atomic mass is 32.2. The van der Waals surface area contributed by atoms with Crippen LogP contribution >= 0.6 is 11.8 Å². The number of benzene rings is 1. The van der Waals surface area contributed by atoms with Gasteiger partial charge in [0, 0.05) is 29.7 Å². The average molecular weight is 263 g/mol. The van der Waals surface area contributed by atoms with Gasteiger partial charge in [0.05, 0.1) is 18.2 Å². The number of rotatable bonds is 4. The van der Waals surface area contributed by atoms with E-state index in [-0.39, 0.29) is 6.04 Å². The molecule has 0 radical (unpaired) electrons. The summed E-state index contributed by atoms with van der Waals surface area (Å²) in [6, 6.07) is 5.90. The third-order valence-electron chi connectivity index (χ3n) is 2.61. The molecular weight excluding hydrogens is 246 g/mol. The Kier molecular flexibility index (Phi) is 3.93. The monoisotopic (exact) mass is 263 g/mol. The molecule has 1 atom stereocenters. The standard InChI is InChI=1S/C13H17N3OS/c1-9(14)13-11(17-3)5-4-6-12(13)18-10-7-15-16(2)8-10/h4-9H,14H2,1-3H3/t9-/m1/s1. The Morgan fingerprint density at radius 2 is 2.22 bits per heavy atom. The molecule has 0 unspecified atom stereocenters. The van der Waals surface area contributed by atoms with Crippen molar-refractivity contribution in [1.29, 1.82) is 0 Å². The summed E-state index contributed by atoms with van der Waals surface area (Å²) in [5.41, 5.74) is 7.07. The molecule has 0 aliphatic heterocycles. The summed E-state index contributed by atoms with van der Waals surface area (Å²) in [6.07, 6.45) is 3.82. The van der Waals surface area contributed by atoms with Crippen LogP contribution in [0.25, 0.3) is 0 Å². The molecule has 0 saturated heterocycles. The molecule has 96 valence electrons. The fraction of sp³-hybridized carbons (Fsp3) is 0.308. The van der Waals surface area contributed by atoms with Crippen molar-refractivity contribution < 1.29 is 4.74 Å². The molecule has 0 bridgehead atoms. The van der Waals surface area contributed by atoms with E-state index < -0.39 is 0 Å². The van der Waals surface area contributed by atoms with Crippen molar-refractivity contribution in [1.82, 2.24) is 9.78 Å². The van der Waals surface area contributed by atoms with Crippen molar-refractivity contribution in [3.63, 3.8) is 0 Å². The normalized spacial score (nSPS) is 12.4. The first-order chi connectivity index (χ1) is 8.61. The van der Waals surface area contributed by atoms with Crippen LogP contribution in [0.4, 0.5) is 0 Å². The maximum absolute atomic E-state index is 6.04. The Morgan fingerprint density at radius 1 is 1.44 bits per heavy atom. The third-order valence-corrected chi connectivity index (χ3v) is 3.63. The van der Waals surface area contributed by atoms with Crippen molar-refractivity contribution in [3.05, 3.63) is 36.2 Å². The molecule has 1 heterocycles. The Hall–Kier alpha value is -1.46. The number of nitrogens with zero attached hydrogens (tertiary/aromatic N) is 2. The van der Waals surface area contributed by atoms with Crippen LogP contribution in [0.2, 0.25) is 0 Å². The second kappa shape index (κ2) is 5.46. The van der Waals surface area contributed by atoms with Gasteiger partial charge < -0.3 is 10.5 Å². The Bertz CT molecular complexity index is 537. The fourth-order valence-electron chi connectivity index (χ4n) is 1.82. The van der Waals surface area contributed by atoms with E-state index in [0.717, 1.165) is 21.1 Å². The lowest BCUT2D eigenvalue weighted by Gasteiger charge is -2.15. The molecule has 2 rings (SSSR count). The van der Waals surface area contributed by atoms with Gasteiger partial charge in [-0.2, -0.15) is 5.10 Å². The van der Waals surface area contributed by atoms with Gasteiger partial charge in [-0.1, -0.05) is 17.8 Å². The summed E-state index contributed by atoms with van der Waals surface area (Å²) in [6.45, 7) is 1.96. The molecule has 0 aliphatic carbocycles. The first-order valence-electron chi connectivity index (χ1n) is 5.70. The minimum absolute atomic E-state index is 0.0691. The Balaban J connectivity index is 2.37. The van der Waals surface area contributed by atoms with E-state index in [1.165, 1.54) is 0 Å². The van der Waals surface area contributed by atoms with Crippen molar-refractivity contribution >= 4 is 11.8 Å². The molecule has 2 aromatic rings. The van der Waals surface area contributed by atoms with Gasteiger partial charge in [0.15, 0.2) is 0 Å². The lowest BCUT2D eigenvalue weighted by atomic mass is 10.1. The number of aromatic nitrogens is 2. The zero-order chi connectivity index (χ0) is 13.1. The zero-order valence-electron chi connectivity index (χ0n) is 10.8. The minimum atomic E-state index is -0.0691. The van der Waals surface area contributed by atoms with E-state index >= 15 is 0 Å². The Labute approximate surface area is 111 Å². The number of hydrogen-bond acceptors (Lipinski definition) is 4. The summed E-state index contributed by atoms with van der Waals surface area (Å²) in [5.74, 6) is 0.832. The number of ether oxygens (including phenoxy) is 1. The van der Waals surface area contributed by atoms with Crippen LogP contribution in [0.3, 0.4) is 0 Å². The number of methoxy groups -OCH3 is 1. The van der Waals surface area contributed by atoms with E-state index in [0.29, 0.717) is 0 Å². The van der Waals surface area contributed by atoms with Gasteiger partial charge >= 0.3 is 0 Å².